The number of urea groups is 1. The highest BCUT2D eigenvalue weighted by molar-refractivity contribution is 7.91. The topological polar surface area (TPSA) is 171 Å². The maximum Gasteiger partial charge on any atom is 0.322 e. The molecule has 7 rings (SSSR count). The Morgan fingerprint density at radius 2 is 1.63 bits per heavy atom. The van der Waals surface area contributed by atoms with Crippen molar-refractivity contribution in [3.8, 4) is 0 Å². The summed E-state index contributed by atoms with van der Waals surface area (Å²) in [5.74, 6) is -3.08. The first kappa shape index (κ1) is 29.2. The van der Waals surface area contributed by atoms with Gasteiger partial charge in [-0.15, -0.1) is 0 Å². The number of rotatable bonds is 5. The number of nitrogens with zero attached hydrogens (tertiary/aromatic N) is 1. The summed E-state index contributed by atoms with van der Waals surface area (Å²) < 4.78 is 26.9. The maximum atomic E-state index is 14.0. The van der Waals surface area contributed by atoms with Gasteiger partial charge in [0.15, 0.2) is 9.84 Å². The number of para-hydroxylation sites is 1. The van der Waals surface area contributed by atoms with Crippen LogP contribution in [0.5, 0.6) is 0 Å². The van der Waals surface area contributed by atoms with E-state index in [1.54, 1.807) is 48.5 Å². The Kier molecular flexibility index (Phi) is 6.85. The molecule has 4 aromatic rings. The van der Waals surface area contributed by atoms with E-state index in [0.29, 0.717) is 17.5 Å². The van der Waals surface area contributed by atoms with E-state index in [9.17, 15) is 32.4 Å². The van der Waals surface area contributed by atoms with Crippen LogP contribution >= 0.6 is 0 Å². The second kappa shape index (κ2) is 10.8. The van der Waals surface area contributed by atoms with Crippen LogP contribution in [0.2, 0.25) is 0 Å². The summed E-state index contributed by atoms with van der Waals surface area (Å²) in [7, 11) is -4.06. The van der Waals surface area contributed by atoms with Gasteiger partial charge in [0.25, 0.3) is 17.7 Å². The number of carbonyl (C=O) groups excluding carboxylic acids is 5. The summed E-state index contributed by atoms with van der Waals surface area (Å²) in [6.07, 6.45) is 0.561. The first-order chi connectivity index (χ1) is 22.0. The largest absolute Gasteiger partial charge is 0.339 e. The minimum absolute atomic E-state index is 0.0310. The van der Waals surface area contributed by atoms with Crippen molar-refractivity contribution < 1.29 is 32.4 Å². The fourth-order valence-electron chi connectivity index (χ4n) is 6.43. The van der Waals surface area contributed by atoms with Crippen molar-refractivity contribution in [3.05, 3.63) is 102 Å². The predicted molar refractivity (Wildman–Crippen MR) is 168 cm³/mol. The van der Waals surface area contributed by atoms with Gasteiger partial charge in [-0.3, -0.25) is 29.4 Å². The Bertz CT molecular complexity index is 2110. The molecule has 0 aromatic heterocycles. The lowest BCUT2D eigenvalue weighted by molar-refractivity contribution is -0.123. The van der Waals surface area contributed by atoms with E-state index >= 15 is 0 Å². The van der Waals surface area contributed by atoms with Gasteiger partial charge < -0.3 is 16.0 Å². The van der Waals surface area contributed by atoms with Gasteiger partial charge in [0, 0.05) is 24.1 Å². The Labute approximate surface area is 263 Å². The molecule has 12 nitrogen and oxygen atoms in total. The van der Waals surface area contributed by atoms with Gasteiger partial charge in [-0.1, -0.05) is 54.6 Å². The Morgan fingerprint density at radius 1 is 0.891 bits per heavy atom. The molecule has 232 valence electrons. The van der Waals surface area contributed by atoms with Crippen LogP contribution in [-0.4, -0.2) is 62.0 Å². The van der Waals surface area contributed by atoms with E-state index in [1.807, 2.05) is 18.2 Å². The average molecular weight is 638 g/mol. The van der Waals surface area contributed by atoms with Crippen LogP contribution < -0.4 is 26.2 Å². The van der Waals surface area contributed by atoms with E-state index in [4.69, 9.17) is 0 Å². The summed E-state index contributed by atoms with van der Waals surface area (Å²) >= 11 is 0. The third-order valence-corrected chi connectivity index (χ3v) is 10.4. The smallest absolute Gasteiger partial charge is 0.322 e. The molecule has 4 aromatic carbocycles. The van der Waals surface area contributed by atoms with Gasteiger partial charge in [0.05, 0.1) is 16.3 Å². The number of benzene rings is 4. The van der Waals surface area contributed by atoms with Gasteiger partial charge in [-0.2, -0.15) is 0 Å². The third kappa shape index (κ3) is 5.04. The SMILES string of the molecule is O=C(CN1C(=O)[C@@H](NC(=O)c2cccc3ccccc23)CS(=O)(=O)c2ccccc21)Nc1ccc2c(c1)CC1(C2)NC(=O)NC1=O. The molecule has 0 saturated carbocycles. The number of anilines is 2. The van der Waals surface area contributed by atoms with Crippen LogP contribution in [0.25, 0.3) is 10.8 Å². The molecule has 1 spiro atoms. The number of sulfone groups is 1. The number of hydrogen-bond acceptors (Lipinski definition) is 7. The van der Waals surface area contributed by atoms with Crippen LogP contribution in [0.1, 0.15) is 21.5 Å². The molecule has 13 heteroatoms. The fourth-order valence-corrected chi connectivity index (χ4v) is 8.06. The van der Waals surface area contributed by atoms with Crippen LogP contribution in [0.15, 0.2) is 89.8 Å². The lowest BCUT2D eigenvalue weighted by atomic mass is 9.96. The monoisotopic (exact) mass is 637 g/mol. The molecule has 6 amide bonds. The highest BCUT2D eigenvalue weighted by Gasteiger charge is 2.50. The minimum atomic E-state index is -4.06. The first-order valence-corrected chi connectivity index (χ1v) is 16.2. The lowest BCUT2D eigenvalue weighted by Gasteiger charge is -2.25. The molecular formula is C33H27N5O7S. The molecule has 1 fully saturated rings. The maximum absolute atomic E-state index is 14.0. The van der Waals surface area contributed by atoms with Gasteiger partial charge in [-0.25, -0.2) is 13.2 Å². The number of hydrogen-bond donors (Lipinski definition) is 4. The molecule has 4 N–H and O–H groups in total. The molecule has 1 unspecified atom stereocenters. The van der Waals surface area contributed by atoms with E-state index in [2.05, 4.69) is 21.3 Å². The van der Waals surface area contributed by atoms with Crippen molar-refractivity contribution in [2.45, 2.75) is 29.3 Å². The number of amides is 6. The van der Waals surface area contributed by atoms with Gasteiger partial charge in [0.2, 0.25) is 5.91 Å². The zero-order valence-corrected chi connectivity index (χ0v) is 25.0. The molecule has 3 aliphatic rings. The van der Waals surface area contributed by atoms with Crippen molar-refractivity contribution >= 4 is 61.6 Å². The number of nitrogens with one attached hydrogen (secondary N) is 4. The molecule has 0 radical (unpaired) electrons. The molecule has 2 heterocycles. The van der Waals surface area contributed by atoms with Crippen LogP contribution in [0, 0.1) is 0 Å². The van der Waals surface area contributed by atoms with Crippen molar-refractivity contribution in [1.29, 1.82) is 0 Å². The highest BCUT2D eigenvalue weighted by atomic mass is 32.2. The van der Waals surface area contributed by atoms with Gasteiger partial charge in [0.1, 0.15) is 18.1 Å². The Balaban J connectivity index is 1.14. The summed E-state index contributed by atoms with van der Waals surface area (Å²) in [5, 5.41) is 11.8. The fraction of sp³-hybridized carbons (Fsp3) is 0.182. The van der Waals surface area contributed by atoms with Crippen molar-refractivity contribution in [2.75, 3.05) is 22.5 Å². The first-order valence-electron chi connectivity index (χ1n) is 14.5. The number of imide groups is 1. The average Bonchev–Trinajstić information content (AvgIpc) is 3.51. The molecule has 2 atom stereocenters. The van der Waals surface area contributed by atoms with E-state index < -0.39 is 63.4 Å². The zero-order valence-electron chi connectivity index (χ0n) is 24.2. The molecule has 2 aliphatic heterocycles. The van der Waals surface area contributed by atoms with Crippen molar-refractivity contribution in [2.24, 2.45) is 0 Å². The standard InChI is InChI=1S/C33H27N5O7S/c39-28(34-22-13-12-20-15-33(16-21(20)14-22)31(42)36-32(43)37-33)17-38-26-10-3-4-11-27(26)46(44,45)18-25(30(38)41)35-29(40)24-9-5-7-19-6-1-2-8-23(19)24/h1-14,25H,15-18H2,(H,34,39)(H,35,40)(H2,36,37,42,43)/t25-,33?/m0/s1. The minimum Gasteiger partial charge on any atom is -0.339 e. The Morgan fingerprint density at radius 3 is 2.43 bits per heavy atom. The zero-order chi connectivity index (χ0) is 32.2. The van der Waals surface area contributed by atoms with Crippen LogP contribution in [-0.2, 0) is 37.1 Å². The summed E-state index contributed by atoms with van der Waals surface area (Å²) in [4.78, 5) is 65.9. The van der Waals surface area contributed by atoms with Gasteiger partial charge in [-0.05, 0) is 52.2 Å². The Hall–Kier alpha value is -5.56. The summed E-state index contributed by atoms with van der Waals surface area (Å²) in [6.45, 7) is -0.536. The second-order valence-corrected chi connectivity index (χ2v) is 13.6. The van der Waals surface area contributed by atoms with Crippen LogP contribution in [0.3, 0.4) is 0 Å². The van der Waals surface area contributed by atoms with E-state index in [-0.39, 0.29) is 22.6 Å². The van der Waals surface area contributed by atoms with E-state index in [0.717, 1.165) is 21.4 Å². The second-order valence-electron chi connectivity index (χ2n) is 11.6. The quantitative estimate of drug-likeness (QED) is 0.243. The van der Waals surface area contributed by atoms with Crippen LogP contribution in [0.4, 0.5) is 16.2 Å². The van der Waals surface area contributed by atoms with Crippen molar-refractivity contribution in [1.82, 2.24) is 16.0 Å². The molecule has 0 bridgehead atoms. The summed E-state index contributed by atoms with van der Waals surface area (Å²) in [6, 6.07) is 21.3. The number of carbonyl (C=O) groups is 5. The molecule has 46 heavy (non-hydrogen) atoms. The molecule has 1 saturated heterocycles. The predicted octanol–water partition coefficient (Wildman–Crippen LogP) is 2.07. The lowest BCUT2D eigenvalue weighted by Crippen LogP contribution is -2.52. The number of fused-ring (bicyclic) bond motifs is 3. The summed E-state index contributed by atoms with van der Waals surface area (Å²) in [5.41, 5.74) is 1.26. The van der Waals surface area contributed by atoms with Gasteiger partial charge >= 0.3 is 6.03 Å². The van der Waals surface area contributed by atoms with Crippen molar-refractivity contribution in [3.63, 3.8) is 0 Å². The highest BCUT2D eigenvalue weighted by Crippen LogP contribution is 2.34. The third-order valence-electron chi connectivity index (χ3n) is 8.57. The van der Waals surface area contributed by atoms with E-state index in [1.165, 1.54) is 18.2 Å². The normalized spacial score (nSPS) is 21.3. The molecule has 1 aliphatic carbocycles. The molecular weight excluding hydrogens is 610 g/mol.